The minimum Gasteiger partial charge on any atom is -0.124 e. The van der Waals surface area contributed by atoms with E-state index in [9.17, 15) is 0 Å². The van der Waals surface area contributed by atoms with Crippen LogP contribution in [0.1, 0.15) is 0 Å². The molecule has 28 valence electrons. The zero-order valence-corrected chi connectivity index (χ0v) is 3.31. The summed E-state index contributed by atoms with van der Waals surface area (Å²) >= 11 is 0. The second-order valence-corrected chi connectivity index (χ2v) is 1.67. The van der Waals surface area contributed by atoms with Crippen LogP contribution in [0, 0.1) is 5.92 Å². The van der Waals surface area contributed by atoms with E-state index >= 15 is 0 Å². The van der Waals surface area contributed by atoms with Gasteiger partial charge in [0.05, 0.1) is 0 Å². The van der Waals surface area contributed by atoms with Crippen molar-refractivity contribution in [2.75, 3.05) is 0 Å². The molecule has 0 aromatic carbocycles. The summed E-state index contributed by atoms with van der Waals surface area (Å²) in [5.41, 5.74) is 4.46. The highest BCUT2D eigenvalue weighted by Gasteiger charge is 2.21. The normalized spacial score (nSPS) is 33.3. The van der Waals surface area contributed by atoms with Gasteiger partial charge in [-0.15, -0.1) is 5.73 Å². The summed E-state index contributed by atoms with van der Waals surface area (Å²) in [6, 6.07) is 0. The van der Waals surface area contributed by atoms with Gasteiger partial charge >= 0.3 is 0 Å². The standard InChI is InChI=1S/C6H4/c1-2-5-4-6(5)3-1/h2-5H/t5-/m0/s1. The van der Waals surface area contributed by atoms with Gasteiger partial charge in [-0.05, 0) is 17.7 Å². The first-order valence-corrected chi connectivity index (χ1v) is 2.11. The first-order chi connectivity index (χ1) is 2.97. The van der Waals surface area contributed by atoms with Gasteiger partial charge in [-0.2, -0.15) is 0 Å². The van der Waals surface area contributed by atoms with Crippen LogP contribution in [0.25, 0.3) is 0 Å². The number of allylic oxidation sites excluding steroid dienone is 3. The molecule has 0 saturated carbocycles. The molecule has 2 aliphatic carbocycles. The molecular formula is C6H4. The fourth-order valence-corrected chi connectivity index (χ4v) is 0.696. The molecule has 0 amide bonds. The van der Waals surface area contributed by atoms with Gasteiger partial charge in [0.2, 0.25) is 0 Å². The zero-order chi connectivity index (χ0) is 3.98. The molecule has 0 fully saturated rings. The van der Waals surface area contributed by atoms with E-state index in [4.69, 9.17) is 0 Å². The minimum absolute atomic E-state index is 0.713. The fraction of sp³-hybridized carbons (Fsp3) is 0.167. The highest BCUT2D eigenvalue weighted by atomic mass is 14.2. The quantitative estimate of drug-likeness (QED) is 0.381. The third kappa shape index (κ3) is 0.131. The van der Waals surface area contributed by atoms with Gasteiger partial charge in [0, 0.05) is 5.92 Å². The maximum absolute atomic E-state index is 3.00. The minimum atomic E-state index is 0.713. The lowest BCUT2D eigenvalue weighted by atomic mass is 10.4. The first kappa shape index (κ1) is 2.44. The van der Waals surface area contributed by atoms with Crippen molar-refractivity contribution in [2.45, 2.75) is 0 Å². The van der Waals surface area contributed by atoms with Crippen LogP contribution in [0.5, 0.6) is 0 Å². The van der Waals surface area contributed by atoms with Gasteiger partial charge in [0.1, 0.15) is 0 Å². The topological polar surface area (TPSA) is 0 Å². The third-order valence-electron chi connectivity index (χ3n) is 1.17. The van der Waals surface area contributed by atoms with Gasteiger partial charge in [-0.3, -0.25) is 0 Å². The Morgan fingerprint density at radius 1 is 1.67 bits per heavy atom. The Bertz CT molecular complexity index is 166. The van der Waals surface area contributed by atoms with Crippen LogP contribution in [-0.4, -0.2) is 0 Å². The molecule has 2 aliphatic rings. The van der Waals surface area contributed by atoms with Crippen molar-refractivity contribution >= 4 is 0 Å². The molecule has 0 bridgehead atoms. The van der Waals surface area contributed by atoms with Crippen molar-refractivity contribution in [3.8, 4) is 0 Å². The van der Waals surface area contributed by atoms with Crippen LogP contribution in [0.3, 0.4) is 0 Å². The number of fused-ring (bicyclic) bond motifs is 1. The van der Waals surface area contributed by atoms with Crippen molar-refractivity contribution in [1.82, 2.24) is 0 Å². The lowest BCUT2D eigenvalue weighted by Crippen LogP contribution is -1.58. The molecule has 0 N–H and O–H groups in total. The molecule has 1 atom stereocenters. The molecule has 0 heterocycles. The molecule has 0 radical (unpaired) electrons. The van der Waals surface area contributed by atoms with Crippen LogP contribution < -0.4 is 0 Å². The maximum Gasteiger partial charge on any atom is 0.0283 e. The predicted octanol–water partition coefficient (Wildman–Crippen LogP) is 1.27. The number of hydrogen-bond acceptors (Lipinski definition) is 0. The summed E-state index contributed by atoms with van der Waals surface area (Å²) in [6.45, 7) is 0. The van der Waals surface area contributed by atoms with E-state index in [1.807, 2.05) is 6.08 Å². The van der Waals surface area contributed by atoms with Crippen molar-refractivity contribution in [3.05, 3.63) is 29.5 Å². The molecular weight excluding hydrogens is 72.1 g/mol. The second kappa shape index (κ2) is 0.528. The molecule has 2 rings (SSSR count). The van der Waals surface area contributed by atoms with Gasteiger partial charge in [-0.25, -0.2) is 0 Å². The fourth-order valence-electron chi connectivity index (χ4n) is 0.696. The molecule has 0 aromatic rings. The van der Waals surface area contributed by atoms with Crippen LogP contribution in [0.2, 0.25) is 0 Å². The summed E-state index contributed by atoms with van der Waals surface area (Å²) in [7, 11) is 0. The summed E-state index contributed by atoms with van der Waals surface area (Å²) in [6.07, 6.45) is 6.33. The van der Waals surface area contributed by atoms with Gasteiger partial charge in [0.15, 0.2) is 0 Å². The average molecular weight is 76.1 g/mol. The van der Waals surface area contributed by atoms with Gasteiger partial charge < -0.3 is 0 Å². The van der Waals surface area contributed by atoms with E-state index in [1.165, 1.54) is 5.57 Å². The molecule has 0 saturated heterocycles. The summed E-state index contributed by atoms with van der Waals surface area (Å²) in [5.74, 6) is 0.713. The zero-order valence-electron chi connectivity index (χ0n) is 3.31. The SMILES string of the molecule is C1=CC2=C[C@@H]2C=1. The van der Waals surface area contributed by atoms with Crippen molar-refractivity contribution in [2.24, 2.45) is 5.92 Å². The van der Waals surface area contributed by atoms with E-state index in [0.717, 1.165) is 0 Å². The second-order valence-electron chi connectivity index (χ2n) is 1.67. The average Bonchev–Trinajstić information content (AvgIpc) is 2.17. The Hall–Kier alpha value is -0.740. The monoisotopic (exact) mass is 76.0 g/mol. The van der Waals surface area contributed by atoms with Crippen LogP contribution >= 0.6 is 0 Å². The maximum atomic E-state index is 3.00. The molecule has 0 nitrogen and oxygen atoms in total. The molecule has 0 aliphatic heterocycles. The Balaban J connectivity index is 2.59. The first-order valence-electron chi connectivity index (χ1n) is 2.11. The molecule has 0 spiro atoms. The Morgan fingerprint density at radius 2 is 2.67 bits per heavy atom. The van der Waals surface area contributed by atoms with E-state index in [-0.39, 0.29) is 0 Å². The number of rotatable bonds is 0. The Morgan fingerprint density at radius 3 is 2.83 bits per heavy atom. The lowest BCUT2D eigenvalue weighted by Gasteiger charge is -1.66. The van der Waals surface area contributed by atoms with Crippen LogP contribution in [-0.2, 0) is 0 Å². The van der Waals surface area contributed by atoms with E-state index in [2.05, 4.69) is 17.9 Å². The van der Waals surface area contributed by atoms with E-state index in [1.54, 1.807) is 0 Å². The molecule has 6 heavy (non-hydrogen) atoms. The van der Waals surface area contributed by atoms with Crippen molar-refractivity contribution in [1.29, 1.82) is 0 Å². The molecule has 0 unspecified atom stereocenters. The Kier molecular flexibility index (Phi) is 0.214. The predicted molar refractivity (Wildman–Crippen MR) is 24.2 cm³/mol. The van der Waals surface area contributed by atoms with Gasteiger partial charge in [0.25, 0.3) is 0 Å². The Labute approximate surface area is 36.5 Å². The molecule has 0 aromatic heterocycles. The van der Waals surface area contributed by atoms with Crippen LogP contribution in [0.15, 0.2) is 29.5 Å². The highest BCUT2D eigenvalue weighted by Crippen LogP contribution is 2.33. The highest BCUT2D eigenvalue weighted by molar-refractivity contribution is 5.47. The van der Waals surface area contributed by atoms with E-state index < -0.39 is 0 Å². The third-order valence-corrected chi connectivity index (χ3v) is 1.17. The largest absolute Gasteiger partial charge is 0.124 e. The lowest BCUT2D eigenvalue weighted by molar-refractivity contribution is 1.24. The summed E-state index contributed by atoms with van der Waals surface area (Å²) < 4.78 is 0. The number of hydrogen-bond donors (Lipinski definition) is 0. The summed E-state index contributed by atoms with van der Waals surface area (Å²) in [5, 5.41) is 0. The van der Waals surface area contributed by atoms with Crippen molar-refractivity contribution < 1.29 is 0 Å². The smallest absolute Gasteiger partial charge is 0.0283 e. The summed E-state index contributed by atoms with van der Waals surface area (Å²) in [4.78, 5) is 0. The molecule has 0 heteroatoms. The van der Waals surface area contributed by atoms with E-state index in [0.29, 0.717) is 5.92 Å². The van der Waals surface area contributed by atoms with Gasteiger partial charge in [-0.1, -0.05) is 6.08 Å². The van der Waals surface area contributed by atoms with Crippen molar-refractivity contribution in [3.63, 3.8) is 0 Å². The van der Waals surface area contributed by atoms with Crippen LogP contribution in [0.4, 0.5) is 0 Å².